The first-order valence-electron chi connectivity index (χ1n) is 7.47. The van der Waals surface area contributed by atoms with Gasteiger partial charge in [0.15, 0.2) is 6.19 Å². The van der Waals surface area contributed by atoms with Crippen LogP contribution < -0.4 is 26.8 Å². The highest BCUT2D eigenvalue weighted by molar-refractivity contribution is 6.33. The third-order valence-electron chi connectivity index (χ3n) is 3.98. The highest BCUT2D eigenvalue weighted by atomic mass is 35.5. The first kappa shape index (κ1) is 17.9. The largest absolute Gasteiger partial charge is 0.506 e. The molecule has 11 heteroatoms. The molecule has 0 spiro atoms. The van der Waals surface area contributed by atoms with Crippen LogP contribution in [0, 0.1) is 22.8 Å². The molecule has 0 amide bonds. The monoisotopic (exact) mass is 384 g/mol. The second-order valence-corrected chi connectivity index (χ2v) is 5.80. The van der Waals surface area contributed by atoms with Crippen LogP contribution in [0.15, 0.2) is 17.1 Å². The summed E-state index contributed by atoms with van der Waals surface area (Å²) in [5.41, 5.74) is 12.6. The minimum absolute atomic E-state index is 0.00783. The quantitative estimate of drug-likeness (QED) is 0.378. The maximum Gasteiger partial charge on any atom is 0.211 e. The van der Waals surface area contributed by atoms with Gasteiger partial charge in [0.25, 0.3) is 0 Å². The van der Waals surface area contributed by atoms with Crippen molar-refractivity contribution in [1.82, 2.24) is 10.3 Å². The molecule has 3 rings (SSSR count). The summed E-state index contributed by atoms with van der Waals surface area (Å²) in [6.45, 7) is 0. The Morgan fingerprint density at radius 3 is 2.74 bits per heavy atom. The molecule has 10 nitrogen and oxygen atoms in total. The Morgan fingerprint density at radius 2 is 2.11 bits per heavy atom. The fraction of sp³-hybridized carbons (Fsp3) is 0.125. The normalized spacial score (nSPS) is 14.8. The molecular weight excluding hydrogens is 372 g/mol. The van der Waals surface area contributed by atoms with E-state index in [1.807, 2.05) is 6.07 Å². The van der Waals surface area contributed by atoms with Crippen molar-refractivity contribution in [1.29, 1.82) is 10.5 Å². The van der Waals surface area contributed by atoms with Gasteiger partial charge in [0.1, 0.15) is 45.8 Å². The van der Waals surface area contributed by atoms with E-state index in [-0.39, 0.29) is 50.9 Å². The van der Waals surface area contributed by atoms with Gasteiger partial charge in [-0.3, -0.25) is 5.32 Å². The van der Waals surface area contributed by atoms with Crippen LogP contribution in [0.1, 0.15) is 22.7 Å². The van der Waals surface area contributed by atoms with Crippen LogP contribution in [0.3, 0.4) is 0 Å². The maximum absolute atomic E-state index is 10.5. The van der Waals surface area contributed by atoms with Gasteiger partial charge >= 0.3 is 0 Å². The number of nitrogens with zero attached hydrogens (tertiary/aromatic N) is 4. The number of nitrogen functional groups attached to an aromatic ring is 2. The van der Waals surface area contributed by atoms with Crippen molar-refractivity contribution < 1.29 is 9.84 Å². The molecule has 1 atom stereocenters. The summed E-state index contributed by atoms with van der Waals surface area (Å²) in [5.74, 6) is 0.192. The zero-order chi connectivity index (χ0) is 19.7. The van der Waals surface area contributed by atoms with Crippen LogP contribution in [0.5, 0.6) is 11.5 Å². The average molecular weight is 385 g/mol. The number of benzene rings is 1. The van der Waals surface area contributed by atoms with Crippen LogP contribution in [-0.2, 0) is 0 Å². The van der Waals surface area contributed by atoms with E-state index < -0.39 is 6.04 Å². The molecule has 1 aliphatic rings. The van der Waals surface area contributed by atoms with Gasteiger partial charge in [0.2, 0.25) is 5.96 Å². The lowest BCUT2D eigenvalue weighted by molar-refractivity contribution is 0.406. The second kappa shape index (κ2) is 6.78. The van der Waals surface area contributed by atoms with Crippen LogP contribution in [0.4, 0.5) is 17.3 Å². The van der Waals surface area contributed by atoms with Crippen LogP contribution >= 0.6 is 11.6 Å². The van der Waals surface area contributed by atoms with Gasteiger partial charge in [-0.05, 0) is 12.1 Å². The summed E-state index contributed by atoms with van der Waals surface area (Å²) in [7, 11) is 1.41. The second-order valence-electron chi connectivity index (χ2n) is 5.42. The summed E-state index contributed by atoms with van der Waals surface area (Å²) in [4.78, 5) is 8.48. The number of methoxy groups -OCH3 is 1. The standard InChI is InChI=1S/C16H13ClN8O2/c1-27-8-3-2-6(13(26)10(8)17)12-9-11(20)7(4-18)14(21)24-15(9)25-16(23-12)22-5-19/h2-3,12,26H,1H3,(H6,20,21,22,23,24,25). The number of phenolic OH excluding ortho intramolecular Hbond substituents is 1. The van der Waals surface area contributed by atoms with E-state index in [1.165, 1.54) is 7.11 Å². The van der Waals surface area contributed by atoms with E-state index in [0.29, 0.717) is 5.56 Å². The Morgan fingerprint density at radius 1 is 1.37 bits per heavy atom. The topological polar surface area (TPSA) is 178 Å². The predicted molar refractivity (Wildman–Crippen MR) is 99.1 cm³/mol. The van der Waals surface area contributed by atoms with Crippen molar-refractivity contribution in [3.05, 3.63) is 33.8 Å². The van der Waals surface area contributed by atoms with Crippen LogP contribution in [0.25, 0.3) is 0 Å². The third kappa shape index (κ3) is 2.84. The van der Waals surface area contributed by atoms with Gasteiger partial charge in [0, 0.05) is 11.1 Å². The highest BCUT2D eigenvalue weighted by Gasteiger charge is 2.32. The number of hydrogen-bond donors (Lipinski definition) is 5. The van der Waals surface area contributed by atoms with E-state index in [9.17, 15) is 10.4 Å². The summed E-state index contributed by atoms with van der Waals surface area (Å²) in [6.07, 6.45) is 1.74. The molecule has 0 bridgehead atoms. The number of aromatic hydroxyl groups is 1. The number of rotatable bonds is 2. The summed E-state index contributed by atoms with van der Waals surface area (Å²) in [6, 6.07) is 4.10. The molecule has 27 heavy (non-hydrogen) atoms. The van der Waals surface area contributed by atoms with Crippen LogP contribution in [0.2, 0.25) is 5.02 Å². The number of guanidine groups is 1. The first-order chi connectivity index (χ1) is 12.9. The number of nitrogens with two attached hydrogens (primary N) is 2. The molecule has 1 aromatic heterocycles. The predicted octanol–water partition coefficient (Wildman–Crippen LogP) is 1.43. The van der Waals surface area contributed by atoms with Gasteiger partial charge < -0.3 is 26.6 Å². The molecule has 0 saturated heterocycles. The molecule has 7 N–H and O–H groups in total. The SMILES string of the molecule is COc1ccc(C2N=C(NC#N)Nc3nc(N)c(C#N)c(N)c32)c(O)c1Cl. The molecule has 2 aromatic rings. The molecular formula is C16H13ClN8O2. The van der Waals surface area contributed by atoms with Crippen LogP contribution in [-0.4, -0.2) is 23.2 Å². The number of ether oxygens (including phenoxy) is 1. The number of pyridine rings is 1. The van der Waals surface area contributed by atoms with Gasteiger partial charge in [-0.15, -0.1) is 0 Å². The third-order valence-corrected chi connectivity index (χ3v) is 4.35. The average Bonchev–Trinajstić information content (AvgIpc) is 2.63. The van der Waals surface area contributed by atoms with Gasteiger partial charge in [-0.1, -0.05) is 11.6 Å². The fourth-order valence-corrected chi connectivity index (χ4v) is 2.99. The first-order valence-corrected chi connectivity index (χ1v) is 7.84. The minimum Gasteiger partial charge on any atom is -0.506 e. The van der Waals surface area contributed by atoms with E-state index >= 15 is 0 Å². The molecule has 0 fully saturated rings. The molecule has 0 aliphatic carbocycles. The zero-order valence-electron chi connectivity index (χ0n) is 13.9. The van der Waals surface area contributed by atoms with E-state index in [4.69, 9.17) is 33.1 Å². The number of fused-ring (bicyclic) bond motifs is 1. The lowest BCUT2D eigenvalue weighted by Crippen LogP contribution is -2.32. The highest BCUT2D eigenvalue weighted by Crippen LogP contribution is 2.46. The van der Waals surface area contributed by atoms with Crippen molar-refractivity contribution in [2.45, 2.75) is 6.04 Å². The maximum atomic E-state index is 10.5. The molecule has 1 aromatic carbocycles. The van der Waals surface area contributed by atoms with E-state index in [2.05, 4.69) is 20.6 Å². The Balaban J connectivity index is 2.29. The van der Waals surface area contributed by atoms with E-state index in [0.717, 1.165) is 0 Å². The number of anilines is 3. The fourth-order valence-electron chi connectivity index (χ4n) is 2.75. The lowest BCUT2D eigenvalue weighted by atomic mass is 9.94. The number of nitrogens with one attached hydrogen (secondary N) is 2. The Bertz CT molecular complexity index is 1050. The molecule has 0 saturated carbocycles. The van der Waals surface area contributed by atoms with Crippen molar-refractivity contribution in [2.75, 3.05) is 23.9 Å². The van der Waals surface area contributed by atoms with Crippen molar-refractivity contribution in [3.63, 3.8) is 0 Å². The van der Waals surface area contributed by atoms with Crippen molar-refractivity contribution >= 4 is 34.9 Å². The zero-order valence-corrected chi connectivity index (χ0v) is 14.7. The lowest BCUT2D eigenvalue weighted by Gasteiger charge is -2.26. The Hall–Kier alpha value is -3.89. The molecule has 1 aliphatic heterocycles. The molecule has 0 radical (unpaired) electrons. The summed E-state index contributed by atoms with van der Waals surface area (Å²) >= 11 is 6.14. The number of hydrogen-bond acceptors (Lipinski definition) is 10. The van der Waals surface area contributed by atoms with Gasteiger partial charge in [-0.2, -0.15) is 10.5 Å². The van der Waals surface area contributed by atoms with E-state index in [1.54, 1.807) is 18.3 Å². The molecule has 1 unspecified atom stereocenters. The molecule has 136 valence electrons. The molecule has 2 heterocycles. The van der Waals surface area contributed by atoms with Crippen molar-refractivity contribution in [2.24, 2.45) is 4.99 Å². The number of aliphatic imine (C=N–C) groups is 1. The van der Waals surface area contributed by atoms with Gasteiger partial charge in [0.05, 0.1) is 12.8 Å². The number of phenols is 1. The summed E-state index contributed by atoms with van der Waals surface area (Å²) in [5, 5.41) is 33.9. The Labute approximate surface area is 158 Å². The number of aromatic nitrogens is 1. The van der Waals surface area contributed by atoms with Gasteiger partial charge in [-0.25, -0.2) is 9.98 Å². The smallest absolute Gasteiger partial charge is 0.211 e. The summed E-state index contributed by atoms with van der Waals surface area (Å²) < 4.78 is 5.08. The number of nitriles is 2. The minimum atomic E-state index is -0.902. The Kier molecular flexibility index (Phi) is 4.50. The van der Waals surface area contributed by atoms with Crippen molar-refractivity contribution in [3.8, 4) is 23.8 Å². The number of halogens is 1.